The Morgan fingerprint density at radius 1 is 1.31 bits per heavy atom. The molecule has 0 aliphatic carbocycles. The number of pyridine rings is 1. The van der Waals surface area contributed by atoms with Gasteiger partial charge in [0.05, 0.1) is 29.4 Å². The maximum absolute atomic E-state index is 7.79. The molecule has 0 amide bonds. The van der Waals surface area contributed by atoms with E-state index in [0.717, 1.165) is 4.68 Å². The third-order valence-corrected chi connectivity index (χ3v) is 1.94. The Kier molecular flexibility index (Phi) is 1.30. The fourth-order valence-electron chi connectivity index (χ4n) is 0.712. The van der Waals surface area contributed by atoms with Gasteiger partial charge in [-0.15, -0.1) is 0 Å². The van der Waals surface area contributed by atoms with Crippen LogP contribution in [0.1, 0.15) is 6.85 Å². The summed E-state index contributed by atoms with van der Waals surface area (Å²) in [7, 11) is 0. The molecule has 0 atom stereocenters. The van der Waals surface area contributed by atoms with Crippen LogP contribution in [0.15, 0.2) is 39.7 Å². The summed E-state index contributed by atoms with van der Waals surface area (Å²) in [6.07, 6.45) is -0.620. The van der Waals surface area contributed by atoms with E-state index in [1.165, 1.54) is 0 Å². The van der Waals surface area contributed by atoms with Crippen LogP contribution in [0.25, 0.3) is 5.69 Å². The van der Waals surface area contributed by atoms with Crippen LogP contribution in [0.5, 0.6) is 0 Å². The van der Waals surface area contributed by atoms with Crippen molar-refractivity contribution in [2.24, 2.45) is 0 Å². The molecule has 2 aromatic heterocycles. The lowest BCUT2D eigenvalue weighted by Gasteiger charge is -1.98. The third kappa shape index (κ3) is 1.97. The van der Waals surface area contributed by atoms with E-state index in [1.54, 1.807) is 0 Å². The molecule has 0 bridgehead atoms. The van der Waals surface area contributed by atoms with Crippen LogP contribution >= 0.6 is 31.9 Å². The number of hydrogen-bond acceptors (Lipinski definition) is 2. The normalized spacial score (nSPS) is 15.7. The van der Waals surface area contributed by atoms with Gasteiger partial charge in [0.25, 0.3) is 0 Å². The van der Waals surface area contributed by atoms with Crippen molar-refractivity contribution in [1.82, 2.24) is 14.8 Å². The van der Waals surface area contributed by atoms with Crippen molar-refractivity contribution < 1.29 is 6.85 Å². The maximum Gasteiger partial charge on any atom is 0.106 e. The molecular formula is C8H5Br2N3. The predicted octanol–water partition coefficient (Wildman–Crippen LogP) is 2.79. The lowest BCUT2D eigenvalue weighted by Crippen LogP contribution is -1.94. The molecule has 5 heteroatoms. The van der Waals surface area contributed by atoms with Gasteiger partial charge in [-0.25, -0.2) is 9.67 Å². The molecule has 0 fully saturated rings. The van der Waals surface area contributed by atoms with Crippen LogP contribution in [0.3, 0.4) is 0 Å². The average Bonchev–Trinajstić information content (AvgIpc) is 2.55. The van der Waals surface area contributed by atoms with Crippen molar-refractivity contribution in [3.63, 3.8) is 0 Å². The zero-order valence-corrected chi connectivity index (χ0v) is 9.27. The fraction of sp³-hybridized carbons (Fsp3) is 0. The Balaban J connectivity index is 2.79. The van der Waals surface area contributed by atoms with Gasteiger partial charge in [-0.3, -0.25) is 0 Å². The van der Waals surface area contributed by atoms with Crippen LogP contribution in [-0.2, 0) is 0 Å². The minimum atomic E-state index is -0.286. The van der Waals surface area contributed by atoms with Gasteiger partial charge in [-0.1, -0.05) is 0 Å². The molecule has 2 aromatic rings. The molecule has 0 unspecified atom stereocenters. The van der Waals surface area contributed by atoms with E-state index in [9.17, 15) is 0 Å². The first kappa shape index (κ1) is 4.70. The maximum atomic E-state index is 7.79. The number of hydrogen-bond donors (Lipinski definition) is 0. The summed E-state index contributed by atoms with van der Waals surface area (Å²) in [5, 5.41) is 3.74. The summed E-state index contributed by atoms with van der Waals surface area (Å²) in [4.78, 5) is 3.75. The van der Waals surface area contributed by atoms with Gasteiger partial charge < -0.3 is 0 Å². The van der Waals surface area contributed by atoms with E-state index in [2.05, 4.69) is 41.9 Å². The monoisotopic (exact) mass is 306 g/mol. The highest BCUT2D eigenvalue weighted by molar-refractivity contribution is 9.10. The molecule has 2 heterocycles. The van der Waals surface area contributed by atoms with Gasteiger partial charge in [-0.05, 0) is 43.9 Å². The summed E-state index contributed by atoms with van der Waals surface area (Å²) in [6, 6.07) is -0.469. The van der Waals surface area contributed by atoms with Crippen molar-refractivity contribution in [2.75, 3.05) is 0 Å². The number of rotatable bonds is 1. The summed E-state index contributed by atoms with van der Waals surface area (Å²) in [5.41, 5.74) is -0.0904. The first-order valence-corrected chi connectivity index (χ1v) is 4.78. The van der Waals surface area contributed by atoms with Crippen LogP contribution in [0.2, 0.25) is 0 Å². The molecule has 13 heavy (non-hydrogen) atoms. The second-order valence-corrected chi connectivity index (χ2v) is 3.61. The van der Waals surface area contributed by atoms with E-state index < -0.39 is 0 Å². The zero-order valence-electron chi connectivity index (χ0n) is 11.1. The SMILES string of the molecule is [2H]c1nn(-c2c([2H])nc(Br)c([2H])c2[2H])c([2H])c1Br. The molecule has 0 aliphatic rings. The van der Waals surface area contributed by atoms with Gasteiger partial charge in [0, 0.05) is 6.17 Å². The zero-order chi connectivity index (χ0) is 13.6. The molecule has 0 radical (unpaired) electrons. The van der Waals surface area contributed by atoms with Crippen LogP contribution < -0.4 is 0 Å². The molecule has 0 spiro atoms. The minimum Gasteiger partial charge on any atom is -0.247 e. The van der Waals surface area contributed by atoms with Crippen molar-refractivity contribution in [1.29, 1.82) is 0 Å². The first-order chi connectivity index (χ1) is 8.34. The molecule has 0 saturated carbocycles. The van der Waals surface area contributed by atoms with Crippen molar-refractivity contribution in [2.45, 2.75) is 0 Å². The largest absolute Gasteiger partial charge is 0.247 e. The highest BCUT2D eigenvalue weighted by atomic mass is 79.9. The fourth-order valence-corrected chi connectivity index (χ4v) is 1.15. The molecule has 0 saturated heterocycles. The van der Waals surface area contributed by atoms with Gasteiger partial charge >= 0.3 is 0 Å². The standard InChI is InChI=1S/C8H5Br2N3/c9-6-3-12-13(5-6)7-1-2-8(10)11-4-7/h1-5H/i1D,2D,3D,4D,5D. The molecule has 0 N–H and O–H groups in total. The molecule has 0 aliphatic heterocycles. The van der Waals surface area contributed by atoms with E-state index in [4.69, 9.17) is 6.85 Å². The molecule has 2 rings (SSSR count). The second kappa shape index (κ2) is 3.59. The lowest BCUT2D eigenvalue weighted by molar-refractivity contribution is 0.872. The molecule has 66 valence electrons. The topological polar surface area (TPSA) is 30.7 Å². The summed E-state index contributed by atoms with van der Waals surface area (Å²) >= 11 is 6.00. The lowest BCUT2D eigenvalue weighted by atomic mass is 10.4. The Bertz CT molecular complexity index is 642. The van der Waals surface area contributed by atoms with Gasteiger partial charge in [0.1, 0.15) is 4.60 Å². The molecular weight excluding hydrogens is 298 g/mol. The van der Waals surface area contributed by atoms with Crippen LogP contribution in [0, 0.1) is 0 Å². The van der Waals surface area contributed by atoms with Crippen LogP contribution in [0.4, 0.5) is 0 Å². The Morgan fingerprint density at radius 3 is 2.85 bits per heavy atom. The predicted molar refractivity (Wildman–Crippen MR) is 56.8 cm³/mol. The molecule has 0 aromatic carbocycles. The van der Waals surface area contributed by atoms with Gasteiger partial charge in [-0.2, -0.15) is 5.10 Å². The highest BCUT2D eigenvalue weighted by Crippen LogP contribution is 2.13. The summed E-state index contributed by atoms with van der Waals surface area (Å²) in [5.74, 6) is 0. The Labute approximate surface area is 99.1 Å². The van der Waals surface area contributed by atoms with E-state index >= 15 is 0 Å². The Hall–Kier alpha value is -0.680. The summed E-state index contributed by atoms with van der Waals surface area (Å²) < 4.78 is 39.5. The van der Waals surface area contributed by atoms with Crippen LogP contribution in [-0.4, -0.2) is 14.8 Å². The van der Waals surface area contributed by atoms with Gasteiger partial charge in [0.2, 0.25) is 0 Å². The molecule has 3 nitrogen and oxygen atoms in total. The number of nitrogens with zero attached hydrogens (tertiary/aromatic N) is 3. The van der Waals surface area contributed by atoms with E-state index in [0.29, 0.717) is 0 Å². The summed E-state index contributed by atoms with van der Waals surface area (Å²) in [6.45, 7) is 0. The van der Waals surface area contributed by atoms with Gasteiger partial charge in [0.15, 0.2) is 0 Å². The van der Waals surface area contributed by atoms with E-state index in [1.807, 2.05) is 0 Å². The van der Waals surface area contributed by atoms with Crippen molar-refractivity contribution in [3.05, 3.63) is 39.7 Å². The smallest absolute Gasteiger partial charge is 0.106 e. The number of halogens is 2. The highest BCUT2D eigenvalue weighted by Gasteiger charge is 1.98. The minimum absolute atomic E-state index is 0.0881. The van der Waals surface area contributed by atoms with Crippen molar-refractivity contribution in [3.8, 4) is 5.69 Å². The number of aromatic nitrogens is 3. The third-order valence-electron chi connectivity index (χ3n) is 1.21. The first-order valence-electron chi connectivity index (χ1n) is 5.70. The Morgan fingerprint density at radius 2 is 2.15 bits per heavy atom. The van der Waals surface area contributed by atoms with Crippen molar-refractivity contribution >= 4 is 31.9 Å². The quantitative estimate of drug-likeness (QED) is 0.759. The second-order valence-electron chi connectivity index (χ2n) is 2.06. The van der Waals surface area contributed by atoms with E-state index in [-0.39, 0.29) is 45.4 Å². The average molecular weight is 308 g/mol.